The summed E-state index contributed by atoms with van der Waals surface area (Å²) in [6, 6.07) is 11.9. The number of fused-ring (bicyclic) bond motifs is 1. The van der Waals surface area contributed by atoms with Crippen molar-refractivity contribution < 1.29 is 4.79 Å². The molecule has 0 N–H and O–H groups in total. The molecule has 178 valence electrons. The summed E-state index contributed by atoms with van der Waals surface area (Å²) < 4.78 is 3.35. The molecule has 3 aromatic rings. The Morgan fingerprint density at radius 2 is 1.82 bits per heavy atom. The molecule has 3 heterocycles. The van der Waals surface area contributed by atoms with Crippen molar-refractivity contribution in [2.24, 2.45) is 12.5 Å². The van der Waals surface area contributed by atoms with Crippen molar-refractivity contribution in [3.63, 3.8) is 0 Å². The van der Waals surface area contributed by atoms with Crippen LogP contribution in [0, 0.1) is 16.7 Å². The summed E-state index contributed by atoms with van der Waals surface area (Å²) in [7, 11) is 1.74. The van der Waals surface area contributed by atoms with Crippen LogP contribution in [0.1, 0.15) is 38.8 Å². The number of benzene rings is 1. The molecule has 1 aliphatic heterocycles. The number of aromatic nitrogens is 3. The Morgan fingerprint density at radius 1 is 1.12 bits per heavy atom. The van der Waals surface area contributed by atoms with Gasteiger partial charge in [-0.25, -0.2) is 9.78 Å². The summed E-state index contributed by atoms with van der Waals surface area (Å²) in [6.07, 6.45) is 0. The topological polar surface area (TPSA) is 87.2 Å². The lowest BCUT2D eigenvalue weighted by atomic mass is 9.97. The molecule has 8 nitrogen and oxygen atoms in total. The summed E-state index contributed by atoms with van der Waals surface area (Å²) in [5.74, 6) is 0.118. The number of nitrogens with zero attached hydrogens (tertiary/aromatic N) is 6. The van der Waals surface area contributed by atoms with Crippen LogP contribution in [0.25, 0.3) is 22.4 Å². The van der Waals surface area contributed by atoms with Gasteiger partial charge in [0.1, 0.15) is 0 Å². The monoisotopic (exact) mass is 460 g/mol. The third-order valence-corrected chi connectivity index (χ3v) is 6.32. The maximum Gasteiger partial charge on any atom is 0.330 e. The lowest BCUT2D eigenvalue weighted by Crippen LogP contribution is -2.47. The standard InChI is InChI=1S/C26H32N6O2/c1-18(33)31-12-10-30(11-13-31)16-19-6-7-20(15-27)21(14-19)22-8-9-23-24(28-22)29(5)25(34)32(23)17-26(2,3)4/h6-9,14H,10-13,16-17H2,1-5H3. The number of carbonyl (C=O) groups excluding carboxylic acids is 1. The van der Waals surface area contributed by atoms with Crippen LogP contribution in [0.3, 0.4) is 0 Å². The van der Waals surface area contributed by atoms with Crippen LogP contribution in [0.15, 0.2) is 35.1 Å². The van der Waals surface area contributed by atoms with Crippen molar-refractivity contribution in [2.45, 2.75) is 40.8 Å². The van der Waals surface area contributed by atoms with E-state index in [0.717, 1.165) is 49.4 Å². The van der Waals surface area contributed by atoms with Crippen molar-refractivity contribution in [1.82, 2.24) is 23.9 Å². The van der Waals surface area contributed by atoms with Crippen LogP contribution in [0.4, 0.5) is 0 Å². The molecule has 1 aromatic carbocycles. The number of amides is 1. The van der Waals surface area contributed by atoms with Crippen LogP contribution in [0.5, 0.6) is 0 Å². The first-order valence-corrected chi connectivity index (χ1v) is 11.6. The highest BCUT2D eigenvalue weighted by Gasteiger charge is 2.21. The molecule has 4 rings (SSSR count). The third kappa shape index (κ3) is 4.75. The molecule has 1 aliphatic rings. The van der Waals surface area contributed by atoms with Gasteiger partial charge in [-0.05, 0) is 35.2 Å². The van der Waals surface area contributed by atoms with Crippen molar-refractivity contribution in [2.75, 3.05) is 26.2 Å². The van der Waals surface area contributed by atoms with Crippen LogP contribution >= 0.6 is 0 Å². The van der Waals surface area contributed by atoms with E-state index in [9.17, 15) is 14.9 Å². The van der Waals surface area contributed by atoms with E-state index in [1.165, 1.54) is 0 Å². The van der Waals surface area contributed by atoms with E-state index >= 15 is 0 Å². The molecule has 34 heavy (non-hydrogen) atoms. The van der Waals surface area contributed by atoms with E-state index in [1.807, 2.05) is 35.2 Å². The first-order valence-electron chi connectivity index (χ1n) is 11.6. The molecule has 0 radical (unpaired) electrons. The summed E-state index contributed by atoms with van der Waals surface area (Å²) >= 11 is 0. The minimum atomic E-state index is -0.0893. The highest BCUT2D eigenvalue weighted by atomic mass is 16.2. The Bertz CT molecular complexity index is 1330. The fourth-order valence-corrected chi connectivity index (χ4v) is 4.53. The first kappa shape index (κ1) is 23.7. The van der Waals surface area contributed by atoms with Crippen LogP contribution in [-0.4, -0.2) is 56.0 Å². The minimum Gasteiger partial charge on any atom is -0.340 e. The van der Waals surface area contributed by atoms with Gasteiger partial charge in [-0.2, -0.15) is 5.26 Å². The fraction of sp³-hybridized carbons (Fsp3) is 0.462. The molecular formula is C26H32N6O2. The van der Waals surface area contributed by atoms with Crippen molar-refractivity contribution in [3.05, 3.63) is 51.9 Å². The quantitative estimate of drug-likeness (QED) is 0.597. The second-order valence-corrected chi connectivity index (χ2v) is 10.3. The zero-order valence-electron chi connectivity index (χ0n) is 20.6. The van der Waals surface area contributed by atoms with E-state index in [-0.39, 0.29) is 17.0 Å². The molecule has 0 aliphatic carbocycles. The number of imidazole rings is 1. The molecule has 0 spiro atoms. The van der Waals surface area contributed by atoms with Crippen molar-refractivity contribution >= 4 is 17.1 Å². The summed E-state index contributed by atoms with van der Waals surface area (Å²) in [5.41, 5.74) is 4.35. The summed E-state index contributed by atoms with van der Waals surface area (Å²) in [5, 5.41) is 9.73. The van der Waals surface area contributed by atoms with Gasteiger partial charge in [-0.1, -0.05) is 26.8 Å². The van der Waals surface area contributed by atoms with Gasteiger partial charge in [0.2, 0.25) is 5.91 Å². The molecule has 0 bridgehead atoms. The average Bonchev–Trinajstić information content (AvgIpc) is 3.02. The molecule has 1 fully saturated rings. The molecule has 2 aromatic heterocycles. The second kappa shape index (κ2) is 9.07. The Labute approximate surface area is 200 Å². The Kier molecular flexibility index (Phi) is 6.32. The number of aryl methyl sites for hydroxylation is 1. The third-order valence-electron chi connectivity index (χ3n) is 6.32. The van der Waals surface area contributed by atoms with E-state index in [0.29, 0.717) is 23.4 Å². The average molecular weight is 461 g/mol. The van der Waals surface area contributed by atoms with Gasteiger partial charge >= 0.3 is 5.69 Å². The summed E-state index contributed by atoms with van der Waals surface area (Å²) in [4.78, 5) is 33.5. The van der Waals surface area contributed by atoms with Gasteiger partial charge in [-0.3, -0.25) is 18.8 Å². The molecule has 0 unspecified atom stereocenters. The van der Waals surface area contributed by atoms with Crippen LogP contribution < -0.4 is 5.69 Å². The normalized spacial score (nSPS) is 15.0. The van der Waals surface area contributed by atoms with Gasteiger partial charge < -0.3 is 4.90 Å². The number of rotatable bonds is 4. The lowest BCUT2D eigenvalue weighted by Gasteiger charge is -2.34. The maximum atomic E-state index is 12.9. The predicted octanol–water partition coefficient (Wildman–Crippen LogP) is 2.98. The lowest BCUT2D eigenvalue weighted by molar-refractivity contribution is -0.130. The largest absolute Gasteiger partial charge is 0.340 e. The highest BCUT2D eigenvalue weighted by molar-refractivity contribution is 5.78. The van der Waals surface area contributed by atoms with E-state index in [4.69, 9.17) is 4.98 Å². The zero-order valence-corrected chi connectivity index (χ0v) is 20.6. The molecule has 0 atom stereocenters. The van der Waals surface area contributed by atoms with Gasteiger partial charge in [0.05, 0.1) is 22.8 Å². The highest BCUT2D eigenvalue weighted by Crippen LogP contribution is 2.27. The van der Waals surface area contributed by atoms with Crippen LogP contribution in [-0.2, 0) is 24.9 Å². The smallest absolute Gasteiger partial charge is 0.330 e. The number of nitriles is 1. The molecular weight excluding hydrogens is 428 g/mol. The van der Waals surface area contributed by atoms with Gasteiger partial charge in [-0.15, -0.1) is 0 Å². The zero-order chi connectivity index (χ0) is 24.6. The Balaban J connectivity index is 1.66. The van der Waals surface area contributed by atoms with Gasteiger partial charge in [0.25, 0.3) is 0 Å². The van der Waals surface area contributed by atoms with Crippen molar-refractivity contribution in [3.8, 4) is 17.3 Å². The van der Waals surface area contributed by atoms with E-state index in [1.54, 1.807) is 23.1 Å². The molecule has 0 saturated carbocycles. The summed E-state index contributed by atoms with van der Waals surface area (Å²) in [6.45, 7) is 12.4. The number of piperazine rings is 1. The fourth-order valence-electron chi connectivity index (χ4n) is 4.53. The number of pyridine rings is 1. The second-order valence-electron chi connectivity index (χ2n) is 10.3. The van der Waals surface area contributed by atoms with Gasteiger partial charge in [0, 0.05) is 58.8 Å². The van der Waals surface area contributed by atoms with Crippen LogP contribution in [0.2, 0.25) is 0 Å². The minimum absolute atomic E-state index is 0.0466. The van der Waals surface area contributed by atoms with E-state index in [2.05, 4.69) is 31.7 Å². The SMILES string of the molecule is CC(=O)N1CCN(Cc2ccc(C#N)c(-c3ccc4c(n3)n(C)c(=O)n4CC(C)(C)C)c2)CC1. The molecule has 1 amide bonds. The van der Waals surface area contributed by atoms with Gasteiger partial charge in [0.15, 0.2) is 5.65 Å². The number of hydrogen-bond donors (Lipinski definition) is 0. The number of hydrogen-bond acceptors (Lipinski definition) is 5. The Hall–Kier alpha value is -3.44. The molecule has 8 heteroatoms. The first-order chi connectivity index (χ1) is 16.1. The van der Waals surface area contributed by atoms with Crippen molar-refractivity contribution in [1.29, 1.82) is 5.26 Å². The maximum absolute atomic E-state index is 12.9. The Morgan fingerprint density at radius 3 is 2.44 bits per heavy atom. The van der Waals surface area contributed by atoms with E-state index < -0.39 is 0 Å². The number of carbonyl (C=O) groups is 1. The predicted molar refractivity (Wildman–Crippen MR) is 132 cm³/mol. The molecule has 1 saturated heterocycles.